The van der Waals surface area contributed by atoms with Crippen molar-refractivity contribution in [2.75, 3.05) is 20.3 Å². The maximum Gasteiger partial charge on any atom is 0.240 e. The van der Waals surface area contributed by atoms with Crippen molar-refractivity contribution in [1.29, 1.82) is 0 Å². The van der Waals surface area contributed by atoms with Crippen LogP contribution in [0.25, 0.3) is 0 Å². The van der Waals surface area contributed by atoms with E-state index in [0.717, 1.165) is 11.1 Å². The first-order valence-corrected chi connectivity index (χ1v) is 10.7. The van der Waals surface area contributed by atoms with E-state index in [9.17, 15) is 18.8 Å². The first-order valence-electron chi connectivity index (χ1n) is 10.7. The molecule has 0 radical (unpaired) electrons. The number of hydrogen-bond acceptors (Lipinski definition) is 4. The molecular formula is C25H29FN2O4. The number of rotatable bonds is 9. The van der Waals surface area contributed by atoms with E-state index >= 15 is 0 Å². The number of carbonyl (C=O) groups excluding carboxylic acids is 3. The van der Waals surface area contributed by atoms with E-state index in [1.54, 1.807) is 13.2 Å². The number of ether oxygens (including phenoxy) is 1. The van der Waals surface area contributed by atoms with Crippen molar-refractivity contribution < 1.29 is 23.5 Å². The molecule has 1 saturated heterocycles. The summed E-state index contributed by atoms with van der Waals surface area (Å²) in [5.74, 6) is -1.38. The Hall–Kier alpha value is -3.06. The molecule has 0 aromatic heterocycles. The molecule has 0 bridgehead atoms. The van der Waals surface area contributed by atoms with Gasteiger partial charge in [-0.25, -0.2) is 4.39 Å². The van der Waals surface area contributed by atoms with Crippen molar-refractivity contribution in [1.82, 2.24) is 10.2 Å². The average Bonchev–Trinajstić information content (AvgIpc) is 2.99. The molecule has 32 heavy (non-hydrogen) atoms. The molecule has 1 aliphatic heterocycles. The summed E-state index contributed by atoms with van der Waals surface area (Å²) in [6.45, 7) is 4.54. The van der Waals surface area contributed by atoms with Crippen molar-refractivity contribution in [2.45, 2.75) is 45.1 Å². The van der Waals surface area contributed by atoms with Gasteiger partial charge in [0, 0.05) is 39.6 Å². The minimum absolute atomic E-state index is 0.0594. The smallest absolute Gasteiger partial charge is 0.240 e. The highest BCUT2D eigenvalue weighted by atomic mass is 19.1. The lowest BCUT2D eigenvalue weighted by molar-refractivity contribution is -0.141. The Labute approximate surface area is 187 Å². The van der Waals surface area contributed by atoms with Crippen LogP contribution in [0.3, 0.4) is 0 Å². The molecule has 2 aromatic rings. The molecule has 0 unspecified atom stereocenters. The van der Waals surface area contributed by atoms with Crippen molar-refractivity contribution in [2.24, 2.45) is 0 Å². The summed E-state index contributed by atoms with van der Waals surface area (Å²) < 4.78 is 18.6. The zero-order chi connectivity index (χ0) is 23.3. The Bertz CT molecular complexity index is 1020. The first-order chi connectivity index (χ1) is 15.3. The van der Waals surface area contributed by atoms with Crippen LogP contribution in [0.5, 0.6) is 0 Å². The molecule has 0 spiro atoms. The summed E-state index contributed by atoms with van der Waals surface area (Å²) in [6.07, 6.45) is 0.316. The molecule has 1 heterocycles. The van der Waals surface area contributed by atoms with Gasteiger partial charge in [0.1, 0.15) is 5.82 Å². The van der Waals surface area contributed by atoms with Gasteiger partial charge < -0.3 is 10.1 Å². The van der Waals surface area contributed by atoms with Gasteiger partial charge in [0.15, 0.2) is 0 Å². The highest BCUT2D eigenvalue weighted by Crippen LogP contribution is 2.41. The van der Waals surface area contributed by atoms with Gasteiger partial charge in [0.2, 0.25) is 17.7 Å². The molecule has 1 N–H and O–H groups in total. The Morgan fingerprint density at radius 3 is 2.62 bits per heavy atom. The van der Waals surface area contributed by atoms with Crippen molar-refractivity contribution in [3.8, 4) is 0 Å². The van der Waals surface area contributed by atoms with Gasteiger partial charge in [0.25, 0.3) is 0 Å². The van der Waals surface area contributed by atoms with E-state index in [1.165, 1.54) is 17.0 Å². The molecular weight excluding hydrogens is 411 g/mol. The third kappa shape index (κ3) is 4.88. The van der Waals surface area contributed by atoms with E-state index in [4.69, 9.17) is 4.74 Å². The molecule has 1 aliphatic rings. The quantitative estimate of drug-likeness (QED) is 0.480. The van der Waals surface area contributed by atoms with Crippen LogP contribution in [0.15, 0.2) is 42.5 Å². The van der Waals surface area contributed by atoms with Gasteiger partial charge in [-0.1, -0.05) is 30.3 Å². The van der Waals surface area contributed by atoms with Crippen LogP contribution in [-0.2, 0) is 31.1 Å². The fraction of sp³-hybridized carbons (Fsp3) is 0.400. The Balaban J connectivity index is 1.85. The van der Waals surface area contributed by atoms with Crippen LogP contribution in [-0.4, -0.2) is 42.9 Å². The lowest BCUT2D eigenvalue weighted by atomic mass is 9.74. The van der Waals surface area contributed by atoms with Crippen molar-refractivity contribution in [3.05, 3.63) is 70.5 Å². The van der Waals surface area contributed by atoms with E-state index in [2.05, 4.69) is 5.32 Å². The van der Waals surface area contributed by atoms with E-state index in [0.29, 0.717) is 24.2 Å². The summed E-state index contributed by atoms with van der Waals surface area (Å²) in [5, 5.41) is 2.80. The van der Waals surface area contributed by atoms with Crippen LogP contribution in [0.2, 0.25) is 0 Å². The molecule has 0 aliphatic carbocycles. The van der Waals surface area contributed by atoms with Crippen molar-refractivity contribution in [3.63, 3.8) is 0 Å². The summed E-state index contributed by atoms with van der Waals surface area (Å²) in [7, 11) is 1.57. The largest absolute Gasteiger partial charge is 0.385 e. The van der Waals surface area contributed by atoms with Gasteiger partial charge in [-0.2, -0.15) is 0 Å². The monoisotopic (exact) mass is 440 g/mol. The highest BCUT2D eigenvalue weighted by molar-refractivity contribution is 6.10. The van der Waals surface area contributed by atoms with Gasteiger partial charge in [0.05, 0.1) is 5.41 Å². The summed E-state index contributed by atoms with van der Waals surface area (Å²) in [6, 6.07) is 11.8. The number of methoxy groups -OCH3 is 1. The predicted octanol–water partition coefficient (Wildman–Crippen LogP) is 3.18. The summed E-state index contributed by atoms with van der Waals surface area (Å²) in [4.78, 5) is 40.6. The van der Waals surface area contributed by atoms with Crippen LogP contribution in [0, 0.1) is 19.7 Å². The third-order valence-corrected chi connectivity index (χ3v) is 6.05. The molecule has 170 valence electrons. The van der Waals surface area contributed by atoms with Crippen LogP contribution in [0.1, 0.15) is 41.5 Å². The minimum Gasteiger partial charge on any atom is -0.385 e. The van der Waals surface area contributed by atoms with Gasteiger partial charge in [-0.3, -0.25) is 19.3 Å². The molecule has 1 fully saturated rings. The van der Waals surface area contributed by atoms with E-state index in [1.807, 2.05) is 38.1 Å². The average molecular weight is 441 g/mol. The summed E-state index contributed by atoms with van der Waals surface area (Å²) in [5.41, 5.74) is 1.80. The van der Waals surface area contributed by atoms with E-state index in [-0.39, 0.29) is 49.5 Å². The second-order valence-corrected chi connectivity index (χ2v) is 8.29. The Kier molecular flexibility index (Phi) is 7.40. The fourth-order valence-electron chi connectivity index (χ4n) is 4.31. The molecule has 6 nitrogen and oxygen atoms in total. The number of halogens is 1. The predicted molar refractivity (Wildman–Crippen MR) is 118 cm³/mol. The second-order valence-electron chi connectivity index (χ2n) is 8.29. The van der Waals surface area contributed by atoms with Crippen molar-refractivity contribution >= 4 is 17.7 Å². The number of benzene rings is 2. The topological polar surface area (TPSA) is 75.7 Å². The molecule has 7 heteroatoms. The highest BCUT2D eigenvalue weighted by Gasteiger charge is 2.53. The molecule has 1 atom stereocenters. The number of nitrogens with one attached hydrogen (secondary N) is 1. The van der Waals surface area contributed by atoms with Gasteiger partial charge in [-0.15, -0.1) is 0 Å². The van der Waals surface area contributed by atoms with Crippen LogP contribution >= 0.6 is 0 Å². The zero-order valence-corrected chi connectivity index (χ0v) is 18.7. The molecule has 0 saturated carbocycles. The molecule has 2 aromatic carbocycles. The van der Waals surface area contributed by atoms with Gasteiger partial charge in [-0.05, 0) is 54.7 Å². The molecule has 3 amide bonds. The lowest BCUT2D eigenvalue weighted by Gasteiger charge is -2.28. The van der Waals surface area contributed by atoms with Crippen LogP contribution in [0.4, 0.5) is 4.39 Å². The molecule has 3 rings (SSSR count). The number of imide groups is 1. The van der Waals surface area contributed by atoms with E-state index < -0.39 is 5.41 Å². The maximum atomic E-state index is 13.6. The second kappa shape index (κ2) is 10.0. The number of hydrogen-bond donors (Lipinski definition) is 1. The normalized spacial score (nSPS) is 18.3. The number of carbonyl (C=O) groups is 3. The van der Waals surface area contributed by atoms with Crippen LogP contribution < -0.4 is 5.32 Å². The SMILES string of the molecule is COCCCN1C(=O)C[C@@](CC(=O)NCc2cc(F)ccc2C)(c2ccccc2C)C1=O. The Morgan fingerprint density at radius 2 is 1.91 bits per heavy atom. The number of nitrogens with zero attached hydrogens (tertiary/aromatic N) is 1. The number of likely N-dealkylation sites (tertiary alicyclic amines) is 1. The standard InChI is InChI=1S/C25H29FN2O4/c1-17-9-10-20(26)13-19(17)16-27-22(29)14-25(21-8-5-4-7-18(21)2)15-23(30)28(24(25)31)11-6-12-32-3/h4-5,7-10,13H,6,11-12,14-16H2,1-3H3,(H,27,29)/t25-/m0/s1. The first kappa shape index (κ1) is 23.6. The lowest BCUT2D eigenvalue weighted by Crippen LogP contribution is -2.43. The maximum absolute atomic E-state index is 13.6. The Morgan fingerprint density at radius 1 is 1.16 bits per heavy atom. The minimum atomic E-state index is -1.25. The third-order valence-electron chi connectivity index (χ3n) is 6.05. The number of aryl methyl sites for hydroxylation is 2. The number of amides is 3. The summed E-state index contributed by atoms with van der Waals surface area (Å²) >= 11 is 0. The van der Waals surface area contributed by atoms with Gasteiger partial charge >= 0.3 is 0 Å². The fourth-order valence-corrected chi connectivity index (χ4v) is 4.31. The zero-order valence-electron chi connectivity index (χ0n) is 18.7.